The zero-order chi connectivity index (χ0) is 13.9. The lowest BCUT2D eigenvalue weighted by molar-refractivity contribution is 0.145. The lowest BCUT2D eigenvalue weighted by Crippen LogP contribution is -2.21. The van der Waals surface area contributed by atoms with Gasteiger partial charge in [-0.1, -0.05) is 12.1 Å². The van der Waals surface area contributed by atoms with Crippen molar-refractivity contribution < 1.29 is 9.84 Å². The van der Waals surface area contributed by atoms with Crippen molar-refractivity contribution in [3.8, 4) is 5.75 Å². The number of aromatic nitrogens is 1. The van der Waals surface area contributed by atoms with Crippen LogP contribution in [0.1, 0.15) is 28.8 Å². The molecule has 0 aliphatic carbocycles. The molecule has 0 amide bonds. The van der Waals surface area contributed by atoms with Crippen LogP contribution in [0.15, 0.2) is 42.6 Å². The number of aliphatic hydroxyl groups excluding tert-OH is 1. The van der Waals surface area contributed by atoms with E-state index in [9.17, 15) is 5.11 Å². The number of nitrogens with two attached hydrogens (primary N) is 1. The highest BCUT2D eigenvalue weighted by Crippen LogP contribution is 2.33. The average molecular weight is 270 g/mol. The quantitative estimate of drug-likeness (QED) is 0.888. The van der Waals surface area contributed by atoms with Gasteiger partial charge in [0, 0.05) is 30.8 Å². The van der Waals surface area contributed by atoms with Gasteiger partial charge in [0.2, 0.25) is 0 Å². The fourth-order valence-corrected chi connectivity index (χ4v) is 2.63. The van der Waals surface area contributed by atoms with Crippen molar-refractivity contribution in [2.45, 2.75) is 18.4 Å². The molecule has 2 unspecified atom stereocenters. The molecule has 0 bridgehead atoms. The summed E-state index contributed by atoms with van der Waals surface area (Å²) in [4.78, 5) is 4.30. The third-order valence-corrected chi connectivity index (χ3v) is 3.76. The molecule has 0 spiro atoms. The summed E-state index contributed by atoms with van der Waals surface area (Å²) in [5.41, 5.74) is 8.67. The summed E-state index contributed by atoms with van der Waals surface area (Å²) in [6, 6.07) is 11.5. The smallest absolute Gasteiger partial charge is 0.122 e. The van der Waals surface area contributed by atoms with Gasteiger partial charge in [-0.3, -0.25) is 4.98 Å². The zero-order valence-electron chi connectivity index (χ0n) is 11.2. The Morgan fingerprint density at radius 1 is 1.30 bits per heavy atom. The molecular weight excluding hydrogens is 252 g/mol. The van der Waals surface area contributed by atoms with E-state index in [0.29, 0.717) is 6.54 Å². The zero-order valence-corrected chi connectivity index (χ0v) is 11.2. The van der Waals surface area contributed by atoms with E-state index >= 15 is 0 Å². The van der Waals surface area contributed by atoms with E-state index in [0.717, 1.165) is 35.6 Å². The highest BCUT2D eigenvalue weighted by Gasteiger charge is 2.24. The standard InChI is InChI=1S/C16H18N2O2/c17-10-13(14-3-1-2-7-18-14)16(19)12-4-5-15-11(9-12)6-8-20-15/h1-5,7,9,13,16,19H,6,8,10,17H2. The first-order chi connectivity index (χ1) is 9.79. The Morgan fingerprint density at radius 2 is 2.20 bits per heavy atom. The SMILES string of the molecule is NCC(c1ccccn1)C(O)c1ccc2c(c1)CCO2. The number of rotatable bonds is 4. The van der Waals surface area contributed by atoms with Crippen molar-refractivity contribution >= 4 is 0 Å². The topological polar surface area (TPSA) is 68.4 Å². The summed E-state index contributed by atoms with van der Waals surface area (Å²) in [5, 5.41) is 10.6. The molecule has 104 valence electrons. The van der Waals surface area contributed by atoms with Crippen LogP contribution in [0.5, 0.6) is 5.75 Å². The third kappa shape index (κ3) is 2.40. The highest BCUT2D eigenvalue weighted by atomic mass is 16.5. The molecule has 1 aromatic carbocycles. The summed E-state index contributed by atoms with van der Waals surface area (Å²) < 4.78 is 5.49. The Labute approximate surface area is 118 Å². The third-order valence-electron chi connectivity index (χ3n) is 3.76. The number of hydrogen-bond donors (Lipinski definition) is 2. The molecule has 20 heavy (non-hydrogen) atoms. The molecule has 3 rings (SSSR count). The number of hydrogen-bond acceptors (Lipinski definition) is 4. The molecule has 0 saturated heterocycles. The van der Waals surface area contributed by atoms with Crippen LogP contribution in [0.25, 0.3) is 0 Å². The predicted molar refractivity (Wildman–Crippen MR) is 76.6 cm³/mol. The fraction of sp³-hybridized carbons (Fsp3) is 0.312. The highest BCUT2D eigenvalue weighted by molar-refractivity contribution is 5.41. The molecule has 2 heterocycles. The summed E-state index contributed by atoms with van der Waals surface area (Å²) in [7, 11) is 0. The van der Waals surface area contributed by atoms with E-state index in [-0.39, 0.29) is 5.92 Å². The van der Waals surface area contributed by atoms with Crippen molar-refractivity contribution in [2.24, 2.45) is 5.73 Å². The molecule has 1 aliphatic heterocycles. The van der Waals surface area contributed by atoms with Gasteiger partial charge in [-0.15, -0.1) is 0 Å². The van der Waals surface area contributed by atoms with E-state index in [2.05, 4.69) is 4.98 Å². The second-order valence-corrected chi connectivity index (χ2v) is 5.01. The first-order valence-electron chi connectivity index (χ1n) is 6.84. The maximum atomic E-state index is 10.6. The van der Waals surface area contributed by atoms with Gasteiger partial charge in [0.15, 0.2) is 0 Å². The van der Waals surface area contributed by atoms with Crippen LogP contribution < -0.4 is 10.5 Å². The van der Waals surface area contributed by atoms with Gasteiger partial charge >= 0.3 is 0 Å². The van der Waals surface area contributed by atoms with Crippen molar-refractivity contribution in [1.29, 1.82) is 0 Å². The molecule has 1 aliphatic rings. The largest absolute Gasteiger partial charge is 0.493 e. The van der Waals surface area contributed by atoms with Crippen LogP contribution in [0, 0.1) is 0 Å². The van der Waals surface area contributed by atoms with Crippen molar-refractivity contribution in [1.82, 2.24) is 4.98 Å². The average Bonchev–Trinajstić information content (AvgIpc) is 2.96. The number of aliphatic hydroxyl groups is 1. The maximum Gasteiger partial charge on any atom is 0.122 e. The Balaban J connectivity index is 1.89. The summed E-state index contributed by atoms with van der Waals surface area (Å²) in [5.74, 6) is 0.722. The minimum Gasteiger partial charge on any atom is -0.493 e. The van der Waals surface area contributed by atoms with E-state index < -0.39 is 6.10 Å². The first kappa shape index (κ1) is 13.1. The summed E-state index contributed by atoms with van der Waals surface area (Å²) >= 11 is 0. The first-order valence-corrected chi connectivity index (χ1v) is 6.84. The Bertz CT molecular complexity index is 586. The molecule has 3 N–H and O–H groups in total. The second kappa shape index (κ2) is 5.61. The molecule has 0 saturated carbocycles. The van der Waals surface area contributed by atoms with Crippen LogP contribution in [0.3, 0.4) is 0 Å². The van der Waals surface area contributed by atoms with Gasteiger partial charge < -0.3 is 15.6 Å². The number of ether oxygens (including phenoxy) is 1. The normalized spacial score (nSPS) is 16.3. The van der Waals surface area contributed by atoms with Crippen molar-refractivity contribution in [2.75, 3.05) is 13.2 Å². The predicted octanol–water partition coefficient (Wildman–Crippen LogP) is 1.79. The minimum absolute atomic E-state index is 0.198. The molecule has 2 atom stereocenters. The molecule has 1 aromatic heterocycles. The number of benzene rings is 1. The van der Waals surface area contributed by atoms with Crippen molar-refractivity contribution in [3.05, 3.63) is 59.4 Å². The van der Waals surface area contributed by atoms with E-state index in [1.807, 2.05) is 36.4 Å². The Morgan fingerprint density at radius 3 is 2.95 bits per heavy atom. The number of nitrogens with zero attached hydrogens (tertiary/aromatic N) is 1. The van der Waals surface area contributed by atoms with Crippen molar-refractivity contribution in [3.63, 3.8) is 0 Å². The Kier molecular flexibility index (Phi) is 3.67. The van der Waals surface area contributed by atoms with Gasteiger partial charge in [0.25, 0.3) is 0 Å². The van der Waals surface area contributed by atoms with Gasteiger partial charge in [-0.2, -0.15) is 0 Å². The lowest BCUT2D eigenvalue weighted by atomic mass is 9.91. The summed E-state index contributed by atoms with van der Waals surface area (Å²) in [6.45, 7) is 1.07. The van der Waals surface area contributed by atoms with Gasteiger partial charge in [0.05, 0.1) is 12.7 Å². The molecule has 0 fully saturated rings. The van der Waals surface area contributed by atoms with Crippen LogP contribution in [-0.4, -0.2) is 23.2 Å². The number of fused-ring (bicyclic) bond motifs is 1. The monoisotopic (exact) mass is 270 g/mol. The summed E-state index contributed by atoms with van der Waals surface area (Å²) in [6.07, 6.45) is 1.97. The van der Waals surface area contributed by atoms with Crippen LogP contribution in [0.2, 0.25) is 0 Å². The molecular formula is C16H18N2O2. The second-order valence-electron chi connectivity index (χ2n) is 5.01. The molecule has 4 heteroatoms. The van der Waals surface area contributed by atoms with Gasteiger partial charge in [0.1, 0.15) is 5.75 Å². The van der Waals surface area contributed by atoms with Gasteiger partial charge in [-0.05, 0) is 35.4 Å². The van der Waals surface area contributed by atoms with E-state index in [1.54, 1.807) is 6.20 Å². The Hall–Kier alpha value is -1.91. The minimum atomic E-state index is -0.652. The van der Waals surface area contributed by atoms with Crippen LogP contribution in [-0.2, 0) is 6.42 Å². The molecule has 4 nitrogen and oxygen atoms in total. The maximum absolute atomic E-state index is 10.6. The van der Waals surface area contributed by atoms with Crippen LogP contribution in [0.4, 0.5) is 0 Å². The molecule has 2 aromatic rings. The fourth-order valence-electron chi connectivity index (χ4n) is 2.63. The number of pyridine rings is 1. The van der Waals surface area contributed by atoms with Crippen LogP contribution >= 0.6 is 0 Å². The molecule has 0 radical (unpaired) electrons. The lowest BCUT2D eigenvalue weighted by Gasteiger charge is -2.21. The van der Waals surface area contributed by atoms with E-state index in [4.69, 9.17) is 10.5 Å². The van der Waals surface area contributed by atoms with Gasteiger partial charge in [-0.25, -0.2) is 0 Å². The van der Waals surface area contributed by atoms with E-state index in [1.165, 1.54) is 0 Å².